The van der Waals surface area contributed by atoms with E-state index < -0.39 is 0 Å². The molecule has 1 heterocycles. The van der Waals surface area contributed by atoms with Gasteiger partial charge in [-0.15, -0.1) is 0 Å². The average Bonchev–Trinajstić information content (AvgIpc) is 2.84. The Morgan fingerprint density at radius 3 is 2.67 bits per heavy atom. The maximum absolute atomic E-state index is 9.45. The van der Waals surface area contributed by atoms with Crippen LogP contribution in [0.3, 0.4) is 0 Å². The summed E-state index contributed by atoms with van der Waals surface area (Å²) in [5.41, 5.74) is 4.06. The Hall–Kier alpha value is -1.20. The topological polar surface area (TPSA) is 38.1 Å². The van der Waals surface area contributed by atoms with Crippen LogP contribution in [0, 0.1) is 0 Å². The minimum Gasteiger partial charge on any atom is -0.393 e. The van der Waals surface area contributed by atoms with Gasteiger partial charge in [0.15, 0.2) is 0 Å². The Morgan fingerprint density at radius 1 is 1.21 bits per heavy atom. The molecule has 0 radical (unpaired) electrons. The highest BCUT2D eigenvalue weighted by Crippen LogP contribution is 2.32. The molecule has 1 aromatic heterocycles. The molecule has 2 aromatic carbocycles. The van der Waals surface area contributed by atoms with Crippen LogP contribution >= 0.6 is 35.0 Å². The molecule has 3 aromatic rings. The maximum Gasteiger partial charge on any atom is 0.141 e. The van der Waals surface area contributed by atoms with Gasteiger partial charge in [0.2, 0.25) is 0 Å². The zero-order valence-electron chi connectivity index (χ0n) is 13.5. The summed E-state index contributed by atoms with van der Waals surface area (Å²) >= 11 is 14.0. The van der Waals surface area contributed by atoms with Gasteiger partial charge in [-0.25, -0.2) is 4.98 Å². The monoisotopic (exact) mass is 380 g/mol. The predicted octanol–water partition coefficient (Wildman–Crippen LogP) is 5.16. The molecule has 1 unspecified atom stereocenters. The van der Waals surface area contributed by atoms with E-state index in [1.807, 2.05) is 29.8 Å². The molecule has 0 bridgehead atoms. The van der Waals surface area contributed by atoms with E-state index in [2.05, 4.69) is 12.1 Å². The number of halogens is 2. The van der Waals surface area contributed by atoms with Crippen molar-refractivity contribution in [3.05, 3.63) is 52.0 Å². The van der Waals surface area contributed by atoms with Crippen molar-refractivity contribution >= 4 is 46.0 Å². The molecule has 0 fully saturated rings. The lowest BCUT2D eigenvalue weighted by Crippen LogP contribution is -2.03. The van der Waals surface area contributed by atoms with E-state index in [9.17, 15) is 5.11 Å². The summed E-state index contributed by atoms with van der Waals surface area (Å²) in [5, 5.41) is 10.5. The molecular formula is C18H18Cl2N2OS. The smallest absolute Gasteiger partial charge is 0.141 e. The van der Waals surface area contributed by atoms with Crippen molar-refractivity contribution in [1.29, 1.82) is 0 Å². The van der Waals surface area contributed by atoms with Crippen molar-refractivity contribution in [2.75, 3.05) is 5.75 Å². The Labute approximate surface area is 155 Å². The summed E-state index contributed by atoms with van der Waals surface area (Å²) in [5.74, 6) is 2.42. The fourth-order valence-electron chi connectivity index (χ4n) is 2.63. The SMILES string of the molecule is CC(O)CSCc1ccccc1-c1nc2cc(Cl)c(Cl)cc2n1C. The Morgan fingerprint density at radius 2 is 1.92 bits per heavy atom. The second kappa shape index (κ2) is 7.36. The number of imidazole rings is 1. The molecule has 0 amide bonds. The van der Waals surface area contributed by atoms with Gasteiger partial charge >= 0.3 is 0 Å². The van der Waals surface area contributed by atoms with Crippen molar-refractivity contribution < 1.29 is 5.11 Å². The van der Waals surface area contributed by atoms with E-state index in [1.165, 1.54) is 5.56 Å². The number of aliphatic hydroxyl groups is 1. The maximum atomic E-state index is 9.45. The van der Waals surface area contributed by atoms with Gasteiger partial charge in [0.05, 0.1) is 27.2 Å². The molecule has 0 aliphatic heterocycles. The number of nitrogens with zero attached hydrogens (tertiary/aromatic N) is 2. The molecule has 1 atom stereocenters. The number of fused-ring (bicyclic) bond motifs is 1. The van der Waals surface area contributed by atoms with E-state index >= 15 is 0 Å². The van der Waals surface area contributed by atoms with E-state index in [0.29, 0.717) is 15.8 Å². The van der Waals surface area contributed by atoms with Crippen LogP contribution in [-0.2, 0) is 12.8 Å². The van der Waals surface area contributed by atoms with Crippen molar-refractivity contribution in [3.8, 4) is 11.4 Å². The third-order valence-electron chi connectivity index (χ3n) is 3.80. The first kappa shape index (κ1) is 17.6. The van der Waals surface area contributed by atoms with Crippen LogP contribution in [0.2, 0.25) is 10.0 Å². The minimum atomic E-state index is -0.304. The molecule has 126 valence electrons. The average molecular weight is 381 g/mol. The van der Waals surface area contributed by atoms with E-state index in [1.54, 1.807) is 24.8 Å². The van der Waals surface area contributed by atoms with E-state index in [4.69, 9.17) is 28.2 Å². The lowest BCUT2D eigenvalue weighted by atomic mass is 10.1. The van der Waals surface area contributed by atoms with Crippen molar-refractivity contribution in [3.63, 3.8) is 0 Å². The van der Waals surface area contributed by atoms with Crippen molar-refractivity contribution in [2.45, 2.75) is 18.8 Å². The molecule has 0 aliphatic carbocycles. The van der Waals surface area contributed by atoms with Gasteiger partial charge in [-0.2, -0.15) is 11.8 Å². The standard InChI is InChI=1S/C18H18Cl2N2OS/c1-11(23)9-24-10-12-5-3-4-6-13(12)18-21-16-7-14(19)15(20)8-17(16)22(18)2/h3-8,11,23H,9-10H2,1-2H3. The van der Waals surface area contributed by atoms with Crippen LogP contribution in [0.25, 0.3) is 22.4 Å². The lowest BCUT2D eigenvalue weighted by Gasteiger charge is -2.10. The second-order valence-electron chi connectivity index (χ2n) is 5.77. The summed E-state index contributed by atoms with van der Waals surface area (Å²) < 4.78 is 2.04. The molecule has 0 saturated carbocycles. The Kier molecular flexibility index (Phi) is 5.40. The minimum absolute atomic E-state index is 0.304. The van der Waals surface area contributed by atoms with Gasteiger partial charge in [-0.05, 0) is 24.6 Å². The van der Waals surface area contributed by atoms with Crippen LogP contribution in [0.1, 0.15) is 12.5 Å². The number of thioether (sulfide) groups is 1. The molecule has 0 spiro atoms. The molecule has 3 nitrogen and oxygen atoms in total. The fraction of sp³-hybridized carbons (Fsp3) is 0.278. The summed E-state index contributed by atoms with van der Waals surface area (Å²) in [6.07, 6.45) is -0.304. The second-order valence-corrected chi connectivity index (χ2v) is 7.62. The summed E-state index contributed by atoms with van der Waals surface area (Å²) in [4.78, 5) is 4.75. The van der Waals surface area contributed by atoms with Gasteiger partial charge in [-0.3, -0.25) is 0 Å². The van der Waals surface area contributed by atoms with Crippen LogP contribution in [0.5, 0.6) is 0 Å². The summed E-state index contributed by atoms with van der Waals surface area (Å²) in [7, 11) is 1.98. The van der Waals surface area contributed by atoms with Gasteiger partial charge in [0.1, 0.15) is 5.82 Å². The third kappa shape index (κ3) is 3.57. The number of hydrogen-bond acceptors (Lipinski definition) is 3. The number of rotatable bonds is 5. The molecule has 3 rings (SSSR count). The van der Waals surface area contributed by atoms with Gasteiger partial charge in [0.25, 0.3) is 0 Å². The highest BCUT2D eigenvalue weighted by molar-refractivity contribution is 7.98. The first-order valence-corrected chi connectivity index (χ1v) is 9.54. The number of hydrogen-bond donors (Lipinski definition) is 1. The Balaban J connectivity index is 2.03. The quantitative estimate of drug-likeness (QED) is 0.663. The van der Waals surface area contributed by atoms with Gasteiger partial charge in [-0.1, -0.05) is 47.5 Å². The number of aromatic nitrogens is 2. The summed E-state index contributed by atoms with van der Waals surface area (Å²) in [6.45, 7) is 1.80. The first-order valence-electron chi connectivity index (χ1n) is 7.63. The predicted molar refractivity (Wildman–Crippen MR) is 104 cm³/mol. The zero-order chi connectivity index (χ0) is 17.3. The number of aliphatic hydroxyl groups excluding tert-OH is 1. The van der Waals surface area contributed by atoms with Crippen molar-refractivity contribution in [1.82, 2.24) is 9.55 Å². The zero-order valence-corrected chi connectivity index (χ0v) is 15.8. The van der Waals surface area contributed by atoms with Crippen molar-refractivity contribution in [2.24, 2.45) is 7.05 Å². The van der Waals surface area contributed by atoms with Gasteiger partial charge < -0.3 is 9.67 Å². The highest BCUT2D eigenvalue weighted by Gasteiger charge is 2.15. The highest BCUT2D eigenvalue weighted by atomic mass is 35.5. The third-order valence-corrected chi connectivity index (χ3v) is 5.75. The van der Waals surface area contributed by atoms with Crippen LogP contribution in [0.15, 0.2) is 36.4 Å². The largest absolute Gasteiger partial charge is 0.393 e. The lowest BCUT2D eigenvalue weighted by molar-refractivity contribution is 0.220. The fourth-order valence-corrected chi connectivity index (χ4v) is 3.88. The normalized spacial score (nSPS) is 12.7. The van der Waals surface area contributed by atoms with Crippen LogP contribution < -0.4 is 0 Å². The molecule has 0 aliphatic rings. The molecule has 24 heavy (non-hydrogen) atoms. The molecule has 6 heteroatoms. The molecule has 1 N–H and O–H groups in total. The van der Waals surface area contributed by atoms with E-state index in [-0.39, 0.29) is 6.10 Å². The van der Waals surface area contributed by atoms with E-state index in [0.717, 1.165) is 28.2 Å². The number of aryl methyl sites for hydroxylation is 1. The summed E-state index contributed by atoms with van der Waals surface area (Å²) in [6, 6.07) is 11.9. The first-order chi connectivity index (χ1) is 11.5. The van der Waals surface area contributed by atoms with Gasteiger partial charge in [0, 0.05) is 24.1 Å². The Bertz CT molecular complexity index is 877. The molecular weight excluding hydrogens is 363 g/mol. The van der Waals surface area contributed by atoms with Crippen LogP contribution in [0.4, 0.5) is 0 Å². The number of benzene rings is 2. The molecule has 0 saturated heterocycles. The van der Waals surface area contributed by atoms with Crippen LogP contribution in [-0.4, -0.2) is 26.5 Å².